The minimum Gasteiger partial charge on any atom is -0.359 e. The fourth-order valence-corrected chi connectivity index (χ4v) is 4.70. The van der Waals surface area contributed by atoms with Crippen LogP contribution in [-0.2, 0) is 20.9 Å². The summed E-state index contributed by atoms with van der Waals surface area (Å²) < 4.78 is 6.33. The van der Waals surface area contributed by atoms with Crippen molar-refractivity contribution >= 4 is 23.2 Å². The second kappa shape index (κ2) is 7.29. The second-order valence-corrected chi connectivity index (χ2v) is 8.92. The third-order valence-electron chi connectivity index (χ3n) is 5.65. The number of nitrogens with one attached hydrogen (secondary N) is 1. The second-order valence-electron chi connectivity index (χ2n) is 7.88. The zero-order valence-corrected chi connectivity index (χ0v) is 16.1. The van der Waals surface area contributed by atoms with Crippen molar-refractivity contribution in [3.05, 3.63) is 22.4 Å². The molecular weight excluding hydrogens is 350 g/mol. The molecular formula is C19H27N3O3S. The Morgan fingerprint density at radius 3 is 2.77 bits per heavy atom. The molecule has 0 aromatic carbocycles. The highest BCUT2D eigenvalue weighted by Crippen LogP contribution is 2.36. The molecule has 2 saturated heterocycles. The van der Waals surface area contributed by atoms with Crippen LogP contribution in [0, 0.1) is 5.92 Å². The van der Waals surface area contributed by atoms with Gasteiger partial charge in [-0.3, -0.25) is 9.59 Å². The fraction of sp³-hybridized carbons (Fsp3) is 0.684. The van der Waals surface area contributed by atoms with E-state index >= 15 is 0 Å². The minimum atomic E-state index is -0.445. The van der Waals surface area contributed by atoms with E-state index in [4.69, 9.17) is 4.74 Å². The van der Waals surface area contributed by atoms with Gasteiger partial charge in [0, 0.05) is 37.0 Å². The number of likely N-dealkylation sites (tertiary alicyclic amines) is 1. The fourth-order valence-electron chi connectivity index (χ4n) is 4.05. The van der Waals surface area contributed by atoms with Crippen molar-refractivity contribution in [1.82, 2.24) is 15.1 Å². The van der Waals surface area contributed by atoms with Gasteiger partial charge in [0.05, 0.1) is 12.1 Å². The van der Waals surface area contributed by atoms with E-state index in [9.17, 15) is 9.59 Å². The van der Waals surface area contributed by atoms with Gasteiger partial charge in [-0.25, -0.2) is 0 Å². The Labute approximate surface area is 158 Å². The molecule has 1 N–H and O–H groups in total. The Hall–Kier alpha value is -1.44. The highest BCUT2D eigenvalue weighted by Gasteiger charge is 2.45. The van der Waals surface area contributed by atoms with E-state index < -0.39 is 6.10 Å². The third-order valence-corrected chi connectivity index (χ3v) is 6.53. The van der Waals surface area contributed by atoms with Gasteiger partial charge in [0.2, 0.25) is 5.91 Å². The van der Waals surface area contributed by atoms with E-state index in [-0.39, 0.29) is 17.4 Å². The summed E-state index contributed by atoms with van der Waals surface area (Å²) in [4.78, 5) is 30.2. The van der Waals surface area contributed by atoms with Crippen LogP contribution in [0.2, 0.25) is 0 Å². The number of thiophene rings is 1. The number of morpholine rings is 1. The zero-order valence-electron chi connectivity index (χ0n) is 15.3. The number of carbonyl (C=O) groups excluding carboxylic acids is 2. The van der Waals surface area contributed by atoms with Gasteiger partial charge in [-0.05, 0) is 44.2 Å². The Balaban J connectivity index is 1.34. The summed E-state index contributed by atoms with van der Waals surface area (Å²) in [5, 5.41) is 5.01. The lowest BCUT2D eigenvalue weighted by molar-refractivity contribution is -0.183. The molecule has 2 aliphatic heterocycles. The molecule has 1 unspecified atom stereocenters. The van der Waals surface area contributed by atoms with Crippen LogP contribution in [-0.4, -0.2) is 66.5 Å². The zero-order chi connectivity index (χ0) is 18.1. The van der Waals surface area contributed by atoms with Gasteiger partial charge < -0.3 is 19.9 Å². The van der Waals surface area contributed by atoms with E-state index in [1.54, 1.807) is 11.3 Å². The monoisotopic (exact) mass is 377 g/mol. The topological polar surface area (TPSA) is 61.9 Å². The number of amides is 2. The van der Waals surface area contributed by atoms with E-state index in [1.807, 2.05) is 29.5 Å². The van der Waals surface area contributed by atoms with Gasteiger partial charge in [-0.15, -0.1) is 11.3 Å². The van der Waals surface area contributed by atoms with Crippen LogP contribution < -0.4 is 5.32 Å². The Bertz CT molecular complexity index is 651. The smallest absolute Gasteiger partial charge is 0.250 e. The maximum Gasteiger partial charge on any atom is 0.250 e. The van der Waals surface area contributed by atoms with Crippen LogP contribution >= 0.6 is 11.3 Å². The quantitative estimate of drug-likeness (QED) is 0.863. The molecule has 3 fully saturated rings. The Morgan fingerprint density at radius 2 is 2.12 bits per heavy atom. The van der Waals surface area contributed by atoms with Gasteiger partial charge in [0.15, 0.2) is 0 Å². The molecule has 2 amide bonds. The summed E-state index contributed by atoms with van der Waals surface area (Å²) in [6.45, 7) is 3.48. The van der Waals surface area contributed by atoms with Crippen molar-refractivity contribution < 1.29 is 14.3 Å². The molecule has 1 aliphatic carbocycles. The van der Waals surface area contributed by atoms with Crippen molar-refractivity contribution in [2.45, 2.75) is 43.9 Å². The van der Waals surface area contributed by atoms with Crippen molar-refractivity contribution in [2.24, 2.45) is 5.92 Å². The summed E-state index contributed by atoms with van der Waals surface area (Å²) >= 11 is 1.64. The highest BCUT2D eigenvalue weighted by atomic mass is 32.1. The lowest BCUT2D eigenvalue weighted by atomic mass is 9.88. The molecule has 1 aromatic heterocycles. The molecule has 3 aliphatic rings. The van der Waals surface area contributed by atoms with Crippen LogP contribution in [0.3, 0.4) is 0 Å². The third kappa shape index (κ3) is 3.94. The van der Waals surface area contributed by atoms with Gasteiger partial charge >= 0.3 is 0 Å². The number of hydrogen-bond donors (Lipinski definition) is 1. The van der Waals surface area contributed by atoms with Crippen LogP contribution in [0.25, 0.3) is 0 Å². The maximum absolute atomic E-state index is 12.6. The van der Waals surface area contributed by atoms with Gasteiger partial charge in [-0.1, -0.05) is 6.07 Å². The van der Waals surface area contributed by atoms with E-state index in [0.717, 1.165) is 50.2 Å². The number of rotatable bonds is 4. The summed E-state index contributed by atoms with van der Waals surface area (Å²) in [6.07, 6.45) is 3.27. The molecule has 1 saturated carbocycles. The van der Waals surface area contributed by atoms with Crippen molar-refractivity contribution in [1.29, 1.82) is 0 Å². The molecule has 142 valence electrons. The average molecular weight is 378 g/mol. The van der Waals surface area contributed by atoms with Crippen LogP contribution in [0.4, 0.5) is 0 Å². The summed E-state index contributed by atoms with van der Waals surface area (Å²) in [7, 11) is 2.05. The van der Waals surface area contributed by atoms with Crippen molar-refractivity contribution in [3.8, 4) is 0 Å². The average Bonchev–Trinajstić information content (AvgIpc) is 3.35. The molecule has 3 heterocycles. The van der Waals surface area contributed by atoms with Gasteiger partial charge in [0.25, 0.3) is 5.91 Å². The molecule has 26 heavy (non-hydrogen) atoms. The number of likely N-dealkylation sites (N-methyl/N-ethyl adjacent to an activating group) is 1. The normalized spacial score (nSPS) is 26.0. The summed E-state index contributed by atoms with van der Waals surface area (Å²) in [5.41, 5.74) is -0.307. The number of piperidine rings is 1. The molecule has 4 rings (SSSR count). The lowest BCUT2D eigenvalue weighted by Crippen LogP contribution is -2.61. The molecule has 7 heteroatoms. The molecule has 0 radical (unpaired) electrons. The largest absolute Gasteiger partial charge is 0.359 e. The summed E-state index contributed by atoms with van der Waals surface area (Å²) in [5.74, 6) is 0.546. The predicted octanol–water partition coefficient (Wildman–Crippen LogP) is 1.47. The SMILES string of the molecule is CN1CC(C(=O)NCc2cccs2)OC2(CCN(C(=O)C3CC3)CC2)C1. The number of ether oxygens (including phenoxy) is 1. The maximum atomic E-state index is 12.6. The van der Waals surface area contributed by atoms with Crippen LogP contribution in [0.1, 0.15) is 30.6 Å². The molecule has 1 atom stereocenters. The molecule has 0 bridgehead atoms. The van der Waals surface area contributed by atoms with Gasteiger partial charge in [0.1, 0.15) is 6.10 Å². The first kappa shape index (κ1) is 17.9. The van der Waals surface area contributed by atoms with E-state index in [1.165, 1.54) is 0 Å². The van der Waals surface area contributed by atoms with Crippen molar-refractivity contribution in [3.63, 3.8) is 0 Å². The standard InChI is InChI=1S/C19H27N3O3S/c1-21-12-16(17(23)20-11-15-3-2-10-26-15)25-19(13-21)6-8-22(9-7-19)18(24)14-4-5-14/h2-3,10,14,16H,4-9,11-13H2,1H3,(H,20,23). The van der Waals surface area contributed by atoms with Gasteiger partial charge in [-0.2, -0.15) is 0 Å². The van der Waals surface area contributed by atoms with E-state index in [2.05, 4.69) is 10.2 Å². The minimum absolute atomic E-state index is 0.0409. The molecule has 6 nitrogen and oxygen atoms in total. The highest BCUT2D eigenvalue weighted by molar-refractivity contribution is 7.09. The first-order chi connectivity index (χ1) is 12.5. The summed E-state index contributed by atoms with van der Waals surface area (Å²) in [6, 6.07) is 4.01. The lowest BCUT2D eigenvalue weighted by Gasteiger charge is -2.48. The molecule has 1 aromatic rings. The van der Waals surface area contributed by atoms with Crippen molar-refractivity contribution in [2.75, 3.05) is 33.2 Å². The number of nitrogens with zero attached hydrogens (tertiary/aromatic N) is 2. The Kier molecular flexibility index (Phi) is 5.03. The van der Waals surface area contributed by atoms with Crippen LogP contribution in [0.15, 0.2) is 17.5 Å². The molecule has 1 spiro atoms. The number of hydrogen-bond acceptors (Lipinski definition) is 5. The Morgan fingerprint density at radius 1 is 1.35 bits per heavy atom. The predicted molar refractivity (Wildman–Crippen MR) is 99.8 cm³/mol. The van der Waals surface area contributed by atoms with Crippen LogP contribution in [0.5, 0.6) is 0 Å². The first-order valence-corrected chi connectivity index (χ1v) is 10.4. The van der Waals surface area contributed by atoms with E-state index in [0.29, 0.717) is 19.0 Å². The first-order valence-electron chi connectivity index (χ1n) is 9.50. The number of carbonyl (C=O) groups is 2.